The number of ether oxygens (including phenoxy) is 1. The molecule has 8 nitrogen and oxygen atoms in total. The van der Waals surface area contributed by atoms with Gasteiger partial charge in [-0.3, -0.25) is 13.9 Å². The highest BCUT2D eigenvalue weighted by atomic mass is 79.9. The Bertz CT molecular complexity index is 1480. The number of nitrogens with one attached hydrogen (secondary N) is 1. The Morgan fingerprint density at radius 1 is 0.907 bits per heavy atom. The molecule has 43 heavy (non-hydrogen) atoms. The van der Waals surface area contributed by atoms with Crippen LogP contribution in [0, 0.1) is 0 Å². The van der Waals surface area contributed by atoms with Crippen LogP contribution in [-0.2, 0) is 26.2 Å². The third kappa shape index (κ3) is 8.83. The molecule has 11 heteroatoms. The number of rotatable bonds is 12. The molecule has 0 bridgehead atoms. The van der Waals surface area contributed by atoms with Crippen molar-refractivity contribution in [1.29, 1.82) is 0 Å². The normalized spacial score (nSPS) is 14.5. The first-order valence-corrected chi connectivity index (χ1v) is 17.5. The van der Waals surface area contributed by atoms with Gasteiger partial charge in [-0.2, -0.15) is 0 Å². The van der Waals surface area contributed by atoms with Gasteiger partial charge >= 0.3 is 0 Å². The summed E-state index contributed by atoms with van der Waals surface area (Å²) in [5.74, 6) is -0.159. The van der Waals surface area contributed by atoms with Crippen molar-refractivity contribution in [2.45, 2.75) is 69.5 Å². The van der Waals surface area contributed by atoms with Crippen molar-refractivity contribution >= 4 is 59.4 Å². The Labute approximate surface area is 271 Å². The second-order valence-corrected chi connectivity index (χ2v) is 14.3. The summed E-state index contributed by atoms with van der Waals surface area (Å²) < 4.78 is 36.3. The molecule has 3 aromatic carbocycles. The van der Waals surface area contributed by atoms with Crippen molar-refractivity contribution in [3.05, 3.63) is 87.3 Å². The zero-order chi connectivity index (χ0) is 31.0. The average Bonchev–Trinajstić information content (AvgIpc) is 3.00. The van der Waals surface area contributed by atoms with E-state index in [1.165, 1.54) is 17.0 Å². The first-order chi connectivity index (χ1) is 20.6. The fourth-order valence-corrected chi connectivity index (χ4v) is 7.02. The molecule has 1 unspecified atom stereocenters. The van der Waals surface area contributed by atoms with Gasteiger partial charge in [0.05, 0.1) is 17.2 Å². The number of sulfonamides is 1. The highest BCUT2D eigenvalue weighted by Gasteiger charge is 2.33. The first-order valence-electron chi connectivity index (χ1n) is 14.4. The summed E-state index contributed by atoms with van der Waals surface area (Å²) in [5.41, 5.74) is 1.12. The van der Waals surface area contributed by atoms with Crippen LogP contribution >= 0.6 is 31.9 Å². The van der Waals surface area contributed by atoms with Gasteiger partial charge in [0.2, 0.25) is 11.8 Å². The summed E-state index contributed by atoms with van der Waals surface area (Å²) >= 11 is 6.79. The van der Waals surface area contributed by atoms with Crippen LogP contribution in [0.3, 0.4) is 0 Å². The smallest absolute Gasteiger partial charge is 0.264 e. The number of nitrogens with zero attached hydrogens (tertiary/aromatic N) is 2. The number of carbonyl (C=O) groups is 2. The second-order valence-electron chi connectivity index (χ2n) is 10.6. The summed E-state index contributed by atoms with van der Waals surface area (Å²) in [6, 6.07) is 19.6. The van der Waals surface area contributed by atoms with E-state index in [2.05, 4.69) is 37.2 Å². The molecule has 1 N–H and O–H groups in total. The van der Waals surface area contributed by atoms with Crippen molar-refractivity contribution in [2.24, 2.45) is 0 Å². The van der Waals surface area contributed by atoms with Gasteiger partial charge < -0.3 is 15.0 Å². The highest BCUT2D eigenvalue weighted by Crippen LogP contribution is 2.28. The number of benzene rings is 3. The zero-order valence-corrected chi connectivity index (χ0v) is 28.3. The predicted molar refractivity (Wildman–Crippen MR) is 175 cm³/mol. The van der Waals surface area contributed by atoms with Crippen LogP contribution in [0.1, 0.15) is 51.5 Å². The molecule has 0 aliphatic heterocycles. The topological polar surface area (TPSA) is 96.0 Å². The van der Waals surface area contributed by atoms with Gasteiger partial charge in [-0.05, 0) is 92.9 Å². The Balaban J connectivity index is 1.67. The van der Waals surface area contributed by atoms with Crippen LogP contribution in [0.15, 0.2) is 86.6 Å². The van der Waals surface area contributed by atoms with E-state index < -0.39 is 28.5 Å². The van der Waals surface area contributed by atoms with E-state index in [-0.39, 0.29) is 23.4 Å². The zero-order valence-electron chi connectivity index (χ0n) is 24.3. The molecule has 3 aromatic rings. The van der Waals surface area contributed by atoms with E-state index in [0.29, 0.717) is 18.0 Å². The van der Waals surface area contributed by atoms with Gasteiger partial charge in [-0.25, -0.2) is 8.42 Å². The van der Waals surface area contributed by atoms with Crippen LogP contribution in [0.25, 0.3) is 0 Å². The number of carbonyl (C=O) groups excluding carboxylic acids is 2. The molecule has 4 rings (SSSR count). The quantitative estimate of drug-likeness (QED) is 0.224. The van der Waals surface area contributed by atoms with Crippen LogP contribution in [0.4, 0.5) is 5.69 Å². The minimum absolute atomic E-state index is 0.0416. The lowest BCUT2D eigenvalue weighted by Crippen LogP contribution is -2.53. The molecule has 230 valence electrons. The predicted octanol–water partition coefficient (Wildman–Crippen LogP) is 6.67. The van der Waals surface area contributed by atoms with E-state index in [1.54, 1.807) is 43.3 Å². The van der Waals surface area contributed by atoms with Crippen LogP contribution in [0.2, 0.25) is 0 Å². The number of anilines is 1. The molecule has 0 spiro atoms. The average molecular weight is 736 g/mol. The molecule has 1 saturated carbocycles. The number of amides is 2. The molecule has 0 heterocycles. The minimum Gasteiger partial charge on any atom is -0.494 e. The second kappa shape index (κ2) is 15.2. The minimum atomic E-state index is -4.15. The van der Waals surface area contributed by atoms with Gasteiger partial charge in [0, 0.05) is 21.5 Å². The number of halogens is 2. The van der Waals surface area contributed by atoms with Crippen molar-refractivity contribution in [2.75, 3.05) is 17.5 Å². The molecule has 0 radical (unpaired) electrons. The van der Waals surface area contributed by atoms with Gasteiger partial charge in [0.1, 0.15) is 18.3 Å². The fraction of sp³-hybridized carbons (Fsp3) is 0.375. The van der Waals surface area contributed by atoms with Crippen LogP contribution in [-0.4, -0.2) is 50.4 Å². The van der Waals surface area contributed by atoms with E-state index in [1.807, 2.05) is 31.2 Å². The summed E-state index contributed by atoms with van der Waals surface area (Å²) in [7, 11) is -4.15. The number of hydrogen-bond acceptors (Lipinski definition) is 5. The molecule has 1 aliphatic carbocycles. The standard InChI is InChI=1S/C32H37Br2N3O5S/c1-3-42-29-17-15-28(16-18-29)37(43(40,41)30-19-13-26(34)14-20-30)22-31(38)36(21-24-9-11-25(33)12-10-24)23(2)32(39)35-27-7-5-4-6-8-27/h9-20,23,27H,3-8,21-22H2,1-2H3,(H,35,39). The fourth-order valence-electron chi connectivity index (χ4n) is 5.08. The maximum absolute atomic E-state index is 14.1. The Morgan fingerprint density at radius 3 is 2.07 bits per heavy atom. The first kappa shape index (κ1) is 33.0. The molecule has 2 amide bonds. The summed E-state index contributed by atoms with van der Waals surface area (Å²) in [4.78, 5) is 29.1. The van der Waals surface area contributed by atoms with E-state index in [4.69, 9.17) is 4.74 Å². The summed E-state index contributed by atoms with van der Waals surface area (Å²) in [5, 5.41) is 3.12. The Hall–Kier alpha value is -2.89. The van der Waals surface area contributed by atoms with E-state index in [0.717, 1.165) is 50.9 Å². The van der Waals surface area contributed by atoms with Crippen LogP contribution in [0.5, 0.6) is 5.75 Å². The van der Waals surface area contributed by atoms with Gasteiger partial charge in [-0.1, -0.05) is 63.3 Å². The summed E-state index contributed by atoms with van der Waals surface area (Å²) in [6.45, 7) is 3.66. The molecular formula is C32H37Br2N3O5S. The molecule has 0 saturated heterocycles. The lowest BCUT2D eigenvalue weighted by atomic mass is 9.95. The van der Waals surface area contributed by atoms with E-state index in [9.17, 15) is 18.0 Å². The van der Waals surface area contributed by atoms with Gasteiger partial charge in [0.25, 0.3) is 10.0 Å². The van der Waals surface area contributed by atoms with E-state index >= 15 is 0 Å². The third-order valence-electron chi connectivity index (χ3n) is 7.50. The monoisotopic (exact) mass is 733 g/mol. The largest absolute Gasteiger partial charge is 0.494 e. The number of hydrogen-bond donors (Lipinski definition) is 1. The lowest BCUT2D eigenvalue weighted by molar-refractivity contribution is -0.139. The molecule has 0 aromatic heterocycles. The Morgan fingerprint density at radius 2 is 1.49 bits per heavy atom. The molecule has 1 aliphatic rings. The van der Waals surface area contributed by atoms with Crippen LogP contribution < -0.4 is 14.4 Å². The van der Waals surface area contributed by atoms with Crippen molar-refractivity contribution < 1.29 is 22.7 Å². The molecule has 1 fully saturated rings. The Kier molecular flexibility index (Phi) is 11.7. The van der Waals surface area contributed by atoms with Crippen molar-refractivity contribution in [3.63, 3.8) is 0 Å². The highest BCUT2D eigenvalue weighted by molar-refractivity contribution is 9.10. The van der Waals surface area contributed by atoms with Crippen molar-refractivity contribution in [1.82, 2.24) is 10.2 Å². The summed E-state index contributed by atoms with van der Waals surface area (Å²) in [6.07, 6.45) is 5.11. The maximum atomic E-state index is 14.1. The van der Waals surface area contributed by atoms with Crippen molar-refractivity contribution in [3.8, 4) is 5.75 Å². The SMILES string of the molecule is CCOc1ccc(N(CC(=O)N(Cc2ccc(Br)cc2)C(C)C(=O)NC2CCCCC2)S(=O)(=O)c2ccc(Br)cc2)cc1. The van der Waals surface area contributed by atoms with Gasteiger partial charge in [-0.15, -0.1) is 0 Å². The lowest BCUT2D eigenvalue weighted by Gasteiger charge is -2.33. The maximum Gasteiger partial charge on any atom is 0.264 e. The third-order valence-corrected chi connectivity index (χ3v) is 10.3. The molecular weight excluding hydrogens is 698 g/mol. The van der Waals surface area contributed by atoms with Gasteiger partial charge in [0.15, 0.2) is 0 Å². The molecule has 1 atom stereocenters.